The summed E-state index contributed by atoms with van der Waals surface area (Å²) in [5.74, 6) is 1.01. The van der Waals surface area contributed by atoms with Crippen LogP contribution in [0.4, 0.5) is 0 Å². The molecule has 0 amide bonds. The molecule has 2 rings (SSSR count). The number of hydrogen-bond donors (Lipinski definition) is 1. The number of aldehydes is 1. The lowest BCUT2D eigenvalue weighted by molar-refractivity contribution is 0.112. The Labute approximate surface area is 101 Å². The molecule has 0 atom stereocenters. The van der Waals surface area contributed by atoms with Crippen LogP contribution in [0.25, 0.3) is 11.0 Å². The van der Waals surface area contributed by atoms with Crippen LogP contribution < -0.4 is 0 Å². The summed E-state index contributed by atoms with van der Waals surface area (Å²) in [6.07, 6.45) is 2.51. The first-order chi connectivity index (χ1) is 8.13. The number of carbonyl (C=O) groups excluding carboxylic acids is 1. The zero-order valence-electron chi connectivity index (χ0n) is 11.0. The number of nitrogens with zero attached hydrogens (tertiary/aromatic N) is 2. The van der Waals surface area contributed by atoms with Crippen molar-refractivity contribution in [2.75, 3.05) is 0 Å². The molecule has 0 spiro atoms. The number of rotatable bonds is 2. The van der Waals surface area contributed by atoms with Gasteiger partial charge in [0.1, 0.15) is 11.5 Å². The third-order valence-electron chi connectivity index (χ3n) is 2.38. The number of aromatic nitrogens is 3. The molecule has 0 radical (unpaired) electrons. The molecule has 0 aliphatic heterocycles. The van der Waals surface area contributed by atoms with Crippen LogP contribution in [0.5, 0.6) is 0 Å². The van der Waals surface area contributed by atoms with Crippen LogP contribution in [0.3, 0.4) is 0 Å². The molecule has 0 fully saturated rings. The highest BCUT2D eigenvalue weighted by molar-refractivity contribution is 5.97. The average Bonchev–Trinajstić information content (AvgIpc) is 2.73. The van der Waals surface area contributed by atoms with Crippen LogP contribution in [0.1, 0.15) is 55.5 Å². The molecular weight excluding hydrogens is 214 g/mol. The molecule has 0 saturated carbocycles. The highest BCUT2D eigenvalue weighted by Gasteiger charge is 2.14. The molecule has 1 N–H and O–H groups in total. The SMILES string of the molecule is CC.Cc1nc(C(C)C)c2c(C=O)c[nH]c2n1. The van der Waals surface area contributed by atoms with Gasteiger partial charge in [-0.1, -0.05) is 27.7 Å². The van der Waals surface area contributed by atoms with Gasteiger partial charge in [0.2, 0.25) is 0 Å². The molecule has 0 aliphatic rings. The molecule has 2 heterocycles. The van der Waals surface area contributed by atoms with E-state index in [0.29, 0.717) is 5.56 Å². The number of nitrogens with one attached hydrogen (secondary N) is 1. The first-order valence-electron chi connectivity index (χ1n) is 5.94. The van der Waals surface area contributed by atoms with E-state index in [9.17, 15) is 4.79 Å². The standard InChI is InChI=1S/C11H13N3O.C2H6/c1-6(2)10-9-8(5-15)4-12-11(9)14-7(3)13-10;1-2/h4-6H,1-3H3,(H,12,13,14);1-2H3. The summed E-state index contributed by atoms with van der Waals surface area (Å²) in [5.41, 5.74) is 2.31. The van der Waals surface area contributed by atoms with E-state index in [-0.39, 0.29) is 5.92 Å². The number of aromatic amines is 1. The van der Waals surface area contributed by atoms with E-state index in [0.717, 1.165) is 28.8 Å². The molecule has 92 valence electrons. The van der Waals surface area contributed by atoms with E-state index in [4.69, 9.17) is 0 Å². The zero-order valence-corrected chi connectivity index (χ0v) is 11.0. The lowest BCUT2D eigenvalue weighted by Gasteiger charge is -2.07. The van der Waals surface area contributed by atoms with Crippen molar-refractivity contribution < 1.29 is 4.79 Å². The lowest BCUT2D eigenvalue weighted by atomic mass is 10.0. The molecule has 2 aromatic heterocycles. The summed E-state index contributed by atoms with van der Waals surface area (Å²) in [5, 5.41) is 0.852. The normalized spacial score (nSPS) is 10.2. The predicted molar refractivity (Wildman–Crippen MR) is 69.5 cm³/mol. The topological polar surface area (TPSA) is 58.6 Å². The van der Waals surface area contributed by atoms with E-state index in [2.05, 4.69) is 28.8 Å². The summed E-state index contributed by atoms with van der Waals surface area (Å²) in [4.78, 5) is 22.5. The van der Waals surface area contributed by atoms with Gasteiger partial charge in [0.15, 0.2) is 6.29 Å². The minimum atomic E-state index is 0.281. The maximum Gasteiger partial charge on any atom is 0.152 e. The number of carbonyl (C=O) groups is 1. The average molecular weight is 233 g/mol. The van der Waals surface area contributed by atoms with Crippen molar-refractivity contribution in [2.45, 2.75) is 40.5 Å². The summed E-state index contributed by atoms with van der Waals surface area (Å²) < 4.78 is 0. The molecule has 17 heavy (non-hydrogen) atoms. The number of fused-ring (bicyclic) bond motifs is 1. The molecule has 0 aliphatic carbocycles. The van der Waals surface area contributed by atoms with Gasteiger partial charge in [0.05, 0.1) is 11.1 Å². The molecule has 0 bridgehead atoms. The second-order valence-electron chi connectivity index (χ2n) is 3.90. The first kappa shape index (κ1) is 13.4. The van der Waals surface area contributed by atoms with Gasteiger partial charge < -0.3 is 4.98 Å². The monoisotopic (exact) mass is 233 g/mol. The van der Waals surface area contributed by atoms with E-state index in [1.807, 2.05) is 20.8 Å². The highest BCUT2D eigenvalue weighted by Crippen LogP contribution is 2.24. The van der Waals surface area contributed by atoms with E-state index in [1.54, 1.807) is 6.20 Å². The van der Waals surface area contributed by atoms with E-state index in [1.165, 1.54) is 0 Å². The van der Waals surface area contributed by atoms with Gasteiger partial charge >= 0.3 is 0 Å². The Balaban J connectivity index is 0.000000686. The molecule has 0 aromatic carbocycles. The van der Waals surface area contributed by atoms with Gasteiger partial charge in [-0.15, -0.1) is 0 Å². The maximum atomic E-state index is 10.9. The number of aryl methyl sites for hydroxylation is 1. The molecule has 4 nitrogen and oxygen atoms in total. The second-order valence-corrected chi connectivity index (χ2v) is 3.90. The smallest absolute Gasteiger partial charge is 0.152 e. The van der Waals surface area contributed by atoms with Crippen molar-refractivity contribution in [3.05, 3.63) is 23.3 Å². The van der Waals surface area contributed by atoms with Crippen molar-refractivity contribution in [3.8, 4) is 0 Å². The fraction of sp³-hybridized carbons (Fsp3) is 0.462. The lowest BCUT2D eigenvalue weighted by Crippen LogP contribution is -1.99. The minimum absolute atomic E-state index is 0.281. The van der Waals surface area contributed by atoms with Gasteiger partial charge in [-0.25, -0.2) is 9.97 Å². The van der Waals surface area contributed by atoms with Crippen LogP contribution in [0, 0.1) is 6.92 Å². The summed E-state index contributed by atoms with van der Waals surface area (Å²) in [6.45, 7) is 9.97. The van der Waals surface area contributed by atoms with Gasteiger partial charge in [0.25, 0.3) is 0 Å². The van der Waals surface area contributed by atoms with E-state index < -0.39 is 0 Å². The summed E-state index contributed by atoms with van der Waals surface area (Å²) in [6, 6.07) is 0. The van der Waals surface area contributed by atoms with Crippen molar-refractivity contribution >= 4 is 17.3 Å². The van der Waals surface area contributed by atoms with Crippen LogP contribution in [-0.4, -0.2) is 21.2 Å². The maximum absolute atomic E-state index is 10.9. The summed E-state index contributed by atoms with van der Waals surface area (Å²) in [7, 11) is 0. The fourth-order valence-corrected chi connectivity index (χ4v) is 1.71. The third-order valence-corrected chi connectivity index (χ3v) is 2.38. The Hall–Kier alpha value is -1.71. The largest absolute Gasteiger partial charge is 0.345 e. The van der Waals surface area contributed by atoms with Gasteiger partial charge in [0, 0.05) is 11.8 Å². The molecule has 4 heteroatoms. The Bertz CT molecular complexity index is 515. The fourth-order valence-electron chi connectivity index (χ4n) is 1.71. The van der Waals surface area contributed by atoms with Gasteiger partial charge in [-0.2, -0.15) is 0 Å². The Kier molecular flexibility index (Phi) is 4.37. The Morgan fingerprint density at radius 2 is 1.94 bits per heavy atom. The van der Waals surface area contributed by atoms with Crippen LogP contribution in [0.15, 0.2) is 6.20 Å². The Morgan fingerprint density at radius 3 is 2.47 bits per heavy atom. The number of hydrogen-bond acceptors (Lipinski definition) is 3. The first-order valence-corrected chi connectivity index (χ1v) is 5.94. The van der Waals surface area contributed by atoms with Gasteiger partial charge in [-0.05, 0) is 12.8 Å². The van der Waals surface area contributed by atoms with Gasteiger partial charge in [-0.3, -0.25) is 4.79 Å². The zero-order chi connectivity index (χ0) is 13.0. The van der Waals surface area contributed by atoms with Crippen LogP contribution in [-0.2, 0) is 0 Å². The second kappa shape index (κ2) is 5.57. The van der Waals surface area contributed by atoms with Crippen molar-refractivity contribution in [1.29, 1.82) is 0 Å². The highest BCUT2D eigenvalue weighted by atomic mass is 16.1. The van der Waals surface area contributed by atoms with Crippen LogP contribution in [0.2, 0.25) is 0 Å². The molecule has 0 unspecified atom stereocenters. The predicted octanol–water partition coefficient (Wildman–Crippen LogP) is 3.23. The van der Waals surface area contributed by atoms with Crippen LogP contribution >= 0.6 is 0 Å². The quantitative estimate of drug-likeness (QED) is 0.810. The molecule has 2 aromatic rings. The number of H-pyrrole nitrogens is 1. The molecular formula is C13H19N3O. The van der Waals surface area contributed by atoms with Crippen molar-refractivity contribution in [3.63, 3.8) is 0 Å². The summed E-state index contributed by atoms with van der Waals surface area (Å²) >= 11 is 0. The van der Waals surface area contributed by atoms with E-state index >= 15 is 0 Å². The third kappa shape index (κ3) is 2.52. The Morgan fingerprint density at radius 1 is 1.29 bits per heavy atom. The molecule has 0 saturated heterocycles. The van der Waals surface area contributed by atoms with Crippen molar-refractivity contribution in [1.82, 2.24) is 15.0 Å². The van der Waals surface area contributed by atoms with Crippen molar-refractivity contribution in [2.24, 2.45) is 0 Å². The minimum Gasteiger partial charge on any atom is -0.345 e.